The van der Waals surface area contributed by atoms with Gasteiger partial charge in [0.1, 0.15) is 0 Å². The first-order valence-electron chi connectivity index (χ1n) is 6.84. The largest absolute Gasteiger partial charge is 0.344 e. The third-order valence-electron chi connectivity index (χ3n) is 3.53. The van der Waals surface area contributed by atoms with Crippen LogP contribution in [0.3, 0.4) is 0 Å². The van der Waals surface area contributed by atoms with Gasteiger partial charge in [0.25, 0.3) is 0 Å². The summed E-state index contributed by atoms with van der Waals surface area (Å²) in [6.07, 6.45) is 6.88. The van der Waals surface area contributed by atoms with E-state index in [0.29, 0.717) is 6.04 Å². The summed E-state index contributed by atoms with van der Waals surface area (Å²) in [5, 5.41) is 0.822. The number of hydrogen-bond acceptors (Lipinski definition) is 1. The topological polar surface area (TPSA) is 22.0 Å². The molecule has 1 atom stereocenters. The van der Waals surface area contributed by atoms with Crippen LogP contribution in [0.5, 0.6) is 0 Å². The van der Waals surface area contributed by atoms with Crippen molar-refractivity contribution in [1.29, 1.82) is 0 Å². The number of benzene rings is 1. The normalized spacial score (nSPS) is 12.8. The van der Waals surface area contributed by atoms with Crippen LogP contribution in [-0.4, -0.2) is 4.57 Å². The summed E-state index contributed by atoms with van der Waals surface area (Å²) >= 11 is 0. The molecule has 0 N–H and O–H groups in total. The predicted octanol–water partition coefficient (Wildman–Crippen LogP) is 4.14. The lowest BCUT2D eigenvalue weighted by Crippen LogP contribution is -2.11. The van der Waals surface area contributed by atoms with Gasteiger partial charge >= 0.3 is 0 Å². The van der Waals surface area contributed by atoms with Crippen LogP contribution in [-0.2, 0) is 0 Å². The molecular formula is C16H21NO. The maximum atomic E-state index is 11.8. The third kappa shape index (κ3) is 2.63. The second-order valence-electron chi connectivity index (χ2n) is 4.95. The Bertz CT molecular complexity index is 571. The highest BCUT2D eigenvalue weighted by molar-refractivity contribution is 5.78. The Morgan fingerprint density at radius 3 is 2.72 bits per heavy atom. The predicted molar refractivity (Wildman–Crippen MR) is 77.1 cm³/mol. The molecule has 1 aromatic heterocycles. The first kappa shape index (κ1) is 12.9. The van der Waals surface area contributed by atoms with Crippen LogP contribution < -0.4 is 5.43 Å². The molecule has 18 heavy (non-hydrogen) atoms. The van der Waals surface area contributed by atoms with E-state index in [2.05, 4.69) is 18.4 Å². The number of nitrogens with zero attached hydrogens (tertiary/aromatic N) is 1. The molecule has 1 unspecified atom stereocenters. The molecule has 2 aromatic rings. The lowest BCUT2D eigenvalue weighted by Gasteiger charge is -2.18. The maximum Gasteiger partial charge on any atom is 0.189 e. The maximum absolute atomic E-state index is 11.8. The van der Waals surface area contributed by atoms with Crippen LogP contribution in [0.25, 0.3) is 10.9 Å². The quantitative estimate of drug-likeness (QED) is 0.723. The van der Waals surface area contributed by atoms with E-state index < -0.39 is 0 Å². The van der Waals surface area contributed by atoms with Crippen LogP contribution in [0.4, 0.5) is 0 Å². The van der Waals surface area contributed by atoms with Crippen molar-refractivity contribution in [3.8, 4) is 0 Å². The van der Waals surface area contributed by atoms with E-state index in [-0.39, 0.29) is 5.43 Å². The van der Waals surface area contributed by atoms with Gasteiger partial charge in [0.05, 0.1) is 5.52 Å². The highest BCUT2D eigenvalue weighted by Gasteiger charge is 2.07. The molecule has 0 aliphatic rings. The minimum atomic E-state index is 0.114. The Morgan fingerprint density at radius 1 is 1.17 bits per heavy atom. The molecule has 0 saturated carbocycles. The number of unbranched alkanes of at least 4 members (excludes halogenated alkanes) is 2. The summed E-state index contributed by atoms with van der Waals surface area (Å²) in [5.74, 6) is 0. The SMILES string of the molecule is CCCCCC(C)n1ccc(=O)c2ccccc21. The molecule has 0 amide bonds. The van der Waals surface area contributed by atoms with Gasteiger partial charge in [0.15, 0.2) is 5.43 Å². The van der Waals surface area contributed by atoms with E-state index in [9.17, 15) is 4.79 Å². The molecule has 0 bridgehead atoms. The zero-order chi connectivity index (χ0) is 13.0. The molecule has 0 radical (unpaired) electrons. The van der Waals surface area contributed by atoms with Gasteiger partial charge in [-0.3, -0.25) is 4.79 Å². The highest BCUT2D eigenvalue weighted by Crippen LogP contribution is 2.20. The minimum Gasteiger partial charge on any atom is -0.344 e. The van der Waals surface area contributed by atoms with Crippen molar-refractivity contribution in [1.82, 2.24) is 4.57 Å². The van der Waals surface area contributed by atoms with Gasteiger partial charge in [0.2, 0.25) is 0 Å². The fourth-order valence-electron chi connectivity index (χ4n) is 2.44. The number of hydrogen-bond donors (Lipinski definition) is 0. The minimum absolute atomic E-state index is 0.114. The first-order chi connectivity index (χ1) is 8.74. The second kappa shape index (κ2) is 5.85. The Morgan fingerprint density at radius 2 is 1.94 bits per heavy atom. The van der Waals surface area contributed by atoms with Crippen LogP contribution in [0, 0.1) is 0 Å². The van der Waals surface area contributed by atoms with Crippen molar-refractivity contribution in [2.24, 2.45) is 0 Å². The number of aromatic nitrogens is 1. The molecule has 1 aromatic carbocycles. The van der Waals surface area contributed by atoms with Gasteiger partial charge in [-0.05, 0) is 25.5 Å². The van der Waals surface area contributed by atoms with Crippen molar-refractivity contribution >= 4 is 10.9 Å². The molecule has 0 spiro atoms. The Hall–Kier alpha value is -1.57. The van der Waals surface area contributed by atoms with E-state index >= 15 is 0 Å². The van der Waals surface area contributed by atoms with E-state index in [1.807, 2.05) is 30.5 Å². The molecule has 2 heteroatoms. The summed E-state index contributed by atoms with van der Waals surface area (Å²) < 4.78 is 2.23. The van der Waals surface area contributed by atoms with E-state index in [0.717, 1.165) is 10.9 Å². The fourth-order valence-corrected chi connectivity index (χ4v) is 2.44. The van der Waals surface area contributed by atoms with Gasteiger partial charge in [0, 0.05) is 23.7 Å². The Kier molecular flexibility index (Phi) is 4.19. The molecule has 0 aliphatic heterocycles. The molecule has 2 nitrogen and oxygen atoms in total. The highest BCUT2D eigenvalue weighted by atomic mass is 16.1. The zero-order valence-electron chi connectivity index (χ0n) is 11.2. The fraction of sp³-hybridized carbons (Fsp3) is 0.438. The zero-order valence-corrected chi connectivity index (χ0v) is 11.2. The summed E-state index contributed by atoms with van der Waals surface area (Å²) in [4.78, 5) is 11.8. The summed E-state index contributed by atoms with van der Waals surface area (Å²) in [7, 11) is 0. The average molecular weight is 243 g/mol. The van der Waals surface area contributed by atoms with Gasteiger partial charge < -0.3 is 4.57 Å². The summed E-state index contributed by atoms with van der Waals surface area (Å²) in [6.45, 7) is 4.45. The van der Waals surface area contributed by atoms with Gasteiger partial charge in [-0.2, -0.15) is 0 Å². The van der Waals surface area contributed by atoms with Gasteiger partial charge in [-0.25, -0.2) is 0 Å². The molecule has 1 heterocycles. The van der Waals surface area contributed by atoms with E-state index in [1.54, 1.807) is 6.07 Å². The molecule has 0 fully saturated rings. The van der Waals surface area contributed by atoms with Gasteiger partial charge in [-0.15, -0.1) is 0 Å². The van der Waals surface area contributed by atoms with Crippen molar-refractivity contribution in [3.05, 3.63) is 46.8 Å². The number of para-hydroxylation sites is 1. The molecule has 0 saturated heterocycles. The van der Waals surface area contributed by atoms with E-state index in [4.69, 9.17) is 0 Å². The third-order valence-corrected chi connectivity index (χ3v) is 3.53. The molecule has 96 valence electrons. The van der Waals surface area contributed by atoms with Crippen LogP contribution in [0.2, 0.25) is 0 Å². The lowest BCUT2D eigenvalue weighted by atomic mass is 10.1. The van der Waals surface area contributed by atoms with Crippen LogP contribution >= 0.6 is 0 Å². The van der Waals surface area contributed by atoms with Crippen molar-refractivity contribution in [2.75, 3.05) is 0 Å². The molecule has 2 rings (SSSR count). The molecule has 0 aliphatic carbocycles. The standard InChI is InChI=1S/C16H21NO/c1-3-4-5-8-13(2)17-12-11-16(18)14-9-6-7-10-15(14)17/h6-7,9-13H,3-5,8H2,1-2H3. The monoisotopic (exact) mass is 243 g/mol. The number of pyridine rings is 1. The van der Waals surface area contributed by atoms with Crippen molar-refractivity contribution < 1.29 is 0 Å². The average Bonchev–Trinajstić information content (AvgIpc) is 2.39. The number of rotatable bonds is 5. The van der Waals surface area contributed by atoms with Crippen LogP contribution in [0.1, 0.15) is 45.6 Å². The summed E-state index contributed by atoms with van der Waals surface area (Å²) in [5.41, 5.74) is 1.16. The first-order valence-corrected chi connectivity index (χ1v) is 6.84. The second-order valence-corrected chi connectivity index (χ2v) is 4.95. The van der Waals surface area contributed by atoms with Gasteiger partial charge in [-0.1, -0.05) is 38.3 Å². The van der Waals surface area contributed by atoms with E-state index in [1.165, 1.54) is 25.7 Å². The smallest absolute Gasteiger partial charge is 0.189 e. The molecular weight excluding hydrogens is 222 g/mol. The Labute approximate surface area is 108 Å². The van der Waals surface area contributed by atoms with Crippen molar-refractivity contribution in [3.63, 3.8) is 0 Å². The lowest BCUT2D eigenvalue weighted by molar-refractivity contribution is 0.487. The number of fused-ring (bicyclic) bond motifs is 1. The van der Waals surface area contributed by atoms with Crippen LogP contribution in [0.15, 0.2) is 41.3 Å². The Balaban J connectivity index is 2.33. The van der Waals surface area contributed by atoms with Crippen molar-refractivity contribution in [2.45, 2.75) is 45.6 Å². The summed E-state index contributed by atoms with van der Waals surface area (Å²) in [6, 6.07) is 9.99.